The maximum atomic E-state index is 12.3. The number of aromatic amines is 1. The molecule has 6 heteroatoms. The highest BCUT2D eigenvalue weighted by atomic mass is 16.1. The smallest absolute Gasteiger partial charge is 0.255 e. The molecule has 0 aliphatic heterocycles. The van der Waals surface area contributed by atoms with Gasteiger partial charge in [0, 0.05) is 47.7 Å². The highest BCUT2D eigenvalue weighted by molar-refractivity contribution is 5.81. The van der Waals surface area contributed by atoms with Gasteiger partial charge in [-0.05, 0) is 80.1 Å². The fourth-order valence-corrected chi connectivity index (χ4v) is 4.64. The van der Waals surface area contributed by atoms with Gasteiger partial charge in [0.25, 0.3) is 5.56 Å². The Morgan fingerprint density at radius 1 is 1.09 bits per heavy atom. The fraction of sp³-hybridized carbons (Fsp3) is 0.308. The molecule has 1 aliphatic rings. The summed E-state index contributed by atoms with van der Waals surface area (Å²) in [5.41, 5.74) is 5.30. The van der Waals surface area contributed by atoms with Crippen LogP contribution in [0.1, 0.15) is 36.8 Å². The van der Waals surface area contributed by atoms with E-state index in [-0.39, 0.29) is 5.56 Å². The van der Waals surface area contributed by atoms with Crippen molar-refractivity contribution in [3.05, 3.63) is 88.5 Å². The minimum atomic E-state index is 0.00455. The summed E-state index contributed by atoms with van der Waals surface area (Å²) in [7, 11) is 0. The van der Waals surface area contributed by atoms with Crippen molar-refractivity contribution in [2.45, 2.75) is 51.2 Å². The van der Waals surface area contributed by atoms with Crippen LogP contribution < -0.4 is 16.2 Å². The number of fused-ring (bicyclic) bond motifs is 1. The first-order valence-corrected chi connectivity index (χ1v) is 11.4. The number of anilines is 1. The van der Waals surface area contributed by atoms with Crippen LogP contribution in [-0.4, -0.2) is 26.8 Å². The van der Waals surface area contributed by atoms with E-state index in [0.29, 0.717) is 12.1 Å². The third-order valence-electron chi connectivity index (χ3n) is 6.34. The van der Waals surface area contributed by atoms with Gasteiger partial charge in [-0.15, -0.1) is 0 Å². The number of hydrogen-bond acceptors (Lipinski definition) is 4. The van der Waals surface area contributed by atoms with Crippen molar-refractivity contribution in [1.82, 2.24) is 20.1 Å². The lowest BCUT2D eigenvalue weighted by Crippen LogP contribution is -2.38. The highest BCUT2D eigenvalue weighted by Crippen LogP contribution is 2.24. The molecule has 0 unspecified atom stereocenters. The lowest BCUT2D eigenvalue weighted by molar-refractivity contribution is 0.350. The lowest BCUT2D eigenvalue weighted by Gasteiger charge is -2.31. The number of rotatable bonds is 6. The zero-order valence-electron chi connectivity index (χ0n) is 18.3. The molecule has 4 aromatic rings. The molecule has 0 bridgehead atoms. The largest absolute Gasteiger partial charge is 0.382 e. The molecule has 2 atom stereocenters. The van der Waals surface area contributed by atoms with Crippen molar-refractivity contribution in [1.29, 1.82) is 0 Å². The van der Waals surface area contributed by atoms with E-state index in [4.69, 9.17) is 0 Å². The molecule has 2 aromatic carbocycles. The number of nitrogens with zero attached hydrogens (tertiary/aromatic N) is 2. The number of aryl methyl sites for hydroxylation is 1. The average molecular weight is 428 g/mol. The summed E-state index contributed by atoms with van der Waals surface area (Å²) in [6.45, 7) is 2.74. The summed E-state index contributed by atoms with van der Waals surface area (Å²) in [4.78, 5) is 12.3. The minimum Gasteiger partial charge on any atom is -0.382 e. The minimum absolute atomic E-state index is 0.00455. The second-order valence-electron chi connectivity index (χ2n) is 8.84. The van der Waals surface area contributed by atoms with Crippen LogP contribution in [-0.2, 0) is 6.54 Å². The Kier molecular flexibility index (Phi) is 5.77. The van der Waals surface area contributed by atoms with Gasteiger partial charge in [-0.1, -0.05) is 12.1 Å². The van der Waals surface area contributed by atoms with Gasteiger partial charge in [-0.3, -0.25) is 14.5 Å². The first kappa shape index (κ1) is 20.5. The Morgan fingerprint density at radius 3 is 2.91 bits per heavy atom. The van der Waals surface area contributed by atoms with Gasteiger partial charge < -0.3 is 10.6 Å². The van der Waals surface area contributed by atoms with Crippen molar-refractivity contribution in [2.24, 2.45) is 0 Å². The van der Waals surface area contributed by atoms with E-state index in [1.165, 1.54) is 24.8 Å². The molecule has 0 amide bonds. The second kappa shape index (κ2) is 9.01. The summed E-state index contributed by atoms with van der Waals surface area (Å²) in [6.07, 6.45) is 8.40. The average Bonchev–Trinajstić information content (AvgIpc) is 3.26. The van der Waals surface area contributed by atoms with Crippen LogP contribution in [0.5, 0.6) is 0 Å². The number of pyridine rings is 1. The monoisotopic (exact) mass is 427 g/mol. The fourth-order valence-electron chi connectivity index (χ4n) is 4.64. The van der Waals surface area contributed by atoms with Crippen LogP contribution in [0.25, 0.3) is 16.6 Å². The number of aromatic nitrogens is 3. The van der Waals surface area contributed by atoms with E-state index in [1.807, 2.05) is 37.5 Å². The molecule has 3 N–H and O–H groups in total. The van der Waals surface area contributed by atoms with Gasteiger partial charge >= 0.3 is 0 Å². The molecule has 1 saturated carbocycles. The Bertz CT molecular complexity index is 1270. The molecule has 6 nitrogen and oxygen atoms in total. The third-order valence-corrected chi connectivity index (χ3v) is 6.34. The zero-order valence-corrected chi connectivity index (χ0v) is 18.3. The SMILES string of the molecule is Cc1ccn(-c2cccc(CN[C@H]3CCC[C@@H](Nc4ccc5[nH]ncc5c4)C3)c2)c(=O)c1. The molecule has 0 spiro atoms. The van der Waals surface area contributed by atoms with Crippen molar-refractivity contribution < 1.29 is 0 Å². The zero-order chi connectivity index (χ0) is 21.9. The first-order valence-electron chi connectivity index (χ1n) is 11.4. The van der Waals surface area contributed by atoms with Crippen molar-refractivity contribution in [3.8, 4) is 5.69 Å². The molecule has 2 aromatic heterocycles. The number of benzene rings is 2. The van der Waals surface area contributed by atoms with Crippen LogP contribution >= 0.6 is 0 Å². The number of nitrogens with one attached hydrogen (secondary N) is 3. The summed E-state index contributed by atoms with van der Waals surface area (Å²) >= 11 is 0. The van der Waals surface area contributed by atoms with E-state index < -0.39 is 0 Å². The number of hydrogen-bond donors (Lipinski definition) is 3. The number of H-pyrrole nitrogens is 1. The van der Waals surface area contributed by atoms with Crippen LogP contribution in [0.4, 0.5) is 5.69 Å². The molecule has 164 valence electrons. The van der Waals surface area contributed by atoms with Crippen LogP contribution in [0.3, 0.4) is 0 Å². The molecule has 1 fully saturated rings. The molecule has 0 radical (unpaired) electrons. The van der Waals surface area contributed by atoms with E-state index in [1.54, 1.807) is 10.6 Å². The van der Waals surface area contributed by atoms with Crippen molar-refractivity contribution in [3.63, 3.8) is 0 Å². The van der Waals surface area contributed by atoms with Gasteiger partial charge in [-0.2, -0.15) is 5.10 Å². The van der Waals surface area contributed by atoms with Gasteiger partial charge in [0.1, 0.15) is 0 Å². The maximum Gasteiger partial charge on any atom is 0.255 e. The van der Waals surface area contributed by atoms with Gasteiger partial charge in [0.05, 0.1) is 11.7 Å². The molecule has 5 rings (SSSR count). The summed E-state index contributed by atoms with van der Waals surface area (Å²) < 4.78 is 1.70. The molecule has 0 saturated heterocycles. The van der Waals surface area contributed by atoms with Gasteiger partial charge in [0.15, 0.2) is 0 Å². The van der Waals surface area contributed by atoms with Crippen LogP contribution in [0.15, 0.2) is 71.8 Å². The van der Waals surface area contributed by atoms with E-state index in [0.717, 1.165) is 40.8 Å². The first-order chi connectivity index (χ1) is 15.6. The Morgan fingerprint density at radius 2 is 2.00 bits per heavy atom. The molecule has 1 aliphatic carbocycles. The second-order valence-corrected chi connectivity index (χ2v) is 8.84. The Labute approximate surface area is 187 Å². The van der Waals surface area contributed by atoms with E-state index in [2.05, 4.69) is 51.2 Å². The quantitative estimate of drug-likeness (QED) is 0.422. The third kappa shape index (κ3) is 4.60. The summed E-state index contributed by atoms with van der Waals surface area (Å²) in [6, 6.07) is 19.2. The summed E-state index contributed by atoms with van der Waals surface area (Å²) in [5.74, 6) is 0. The summed E-state index contributed by atoms with van der Waals surface area (Å²) in [5, 5.41) is 15.7. The van der Waals surface area contributed by atoms with Crippen LogP contribution in [0.2, 0.25) is 0 Å². The van der Waals surface area contributed by atoms with Crippen molar-refractivity contribution >= 4 is 16.6 Å². The van der Waals surface area contributed by atoms with E-state index in [9.17, 15) is 4.79 Å². The highest BCUT2D eigenvalue weighted by Gasteiger charge is 2.21. The molecular formula is C26H29N5O. The van der Waals surface area contributed by atoms with Gasteiger partial charge in [-0.25, -0.2) is 0 Å². The molecule has 32 heavy (non-hydrogen) atoms. The van der Waals surface area contributed by atoms with Crippen LogP contribution in [0, 0.1) is 6.92 Å². The Balaban J connectivity index is 1.20. The molecule has 2 heterocycles. The van der Waals surface area contributed by atoms with Crippen molar-refractivity contribution in [2.75, 3.05) is 5.32 Å². The lowest BCUT2D eigenvalue weighted by atomic mass is 9.90. The Hall–Kier alpha value is -3.38. The normalized spacial score (nSPS) is 18.7. The van der Waals surface area contributed by atoms with E-state index >= 15 is 0 Å². The topological polar surface area (TPSA) is 74.7 Å². The molecular weight excluding hydrogens is 398 g/mol. The van der Waals surface area contributed by atoms with Gasteiger partial charge in [0.2, 0.25) is 0 Å². The standard InChI is InChI=1S/C26H29N5O/c1-18-10-11-31(26(32)12-18)24-7-2-4-19(13-24)16-27-21-5-3-6-22(15-21)29-23-8-9-25-20(14-23)17-28-30-25/h2,4,7-14,17,21-22,27,29H,3,5-6,15-16H2,1H3,(H,28,30)/t21-,22+/m0/s1. The maximum absolute atomic E-state index is 12.3. The predicted octanol–water partition coefficient (Wildman–Crippen LogP) is 4.54. The predicted molar refractivity (Wildman–Crippen MR) is 129 cm³/mol.